The fourth-order valence-corrected chi connectivity index (χ4v) is 3.91. The lowest BCUT2D eigenvalue weighted by atomic mass is 10.2. The van der Waals surface area contributed by atoms with Gasteiger partial charge in [-0.05, 0) is 24.3 Å². The van der Waals surface area contributed by atoms with Gasteiger partial charge >= 0.3 is 6.18 Å². The molecule has 0 N–H and O–H groups in total. The van der Waals surface area contributed by atoms with E-state index in [4.69, 9.17) is 4.74 Å². The van der Waals surface area contributed by atoms with Crippen LogP contribution in [-0.2, 0) is 20.9 Å². The van der Waals surface area contributed by atoms with Crippen molar-refractivity contribution in [3.63, 3.8) is 0 Å². The smallest absolute Gasteiger partial charge is 0.378 e. The summed E-state index contributed by atoms with van der Waals surface area (Å²) in [7, 11) is -4.04. The molecule has 1 unspecified atom stereocenters. The van der Waals surface area contributed by atoms with E-state index in [2.05, 4.69) is 14.7 Å². The van der Waals surface area contributed by atoms with Gasteiger partial charge in [0.2, 0.25) is 16.4 Å². The molecule has 1 atom stereocenters. The number of morpholine rings is 1. The lowest BCUT2D eigenvalue weighted by molar-refractivity contribution is -0.137. The first-order valence-corrected chi connectivity index (χ1v) is 8.27. The van der Waals surface area contributed by atoms with Crippen molar-refractivity contribution in [1.82, 2.24) is 14.4 Å². The Morgan fingerprint density at radius 1 is 1.21 bits per heavy atom. The molecule has 1 fully saturated rings. The van der Waals surface area contributed by atoms with Crippen LogP contribution >= 0.6 is 0 Å². The molecule has 3 rings (SSSR count). The number of aromatic nitrogens is 2. The maximum absolute atomic E-state index is 12.8. The molecule has 11 heteroatoms. The van der Waals surface area contributed by atoms with Crippen molar-refractivity contribution in [2.75, 3.05) is 19.8 Å². The molecule has 24 heavy (non-hydrogen) atoms. The summed E-state index contributed by atoms with van der Waals surface area (Å²) in [5, 5.41) is 3.62. The zero-order valence-electron chi connectivity index (χ0n) is 12.1. The van der Waals surface area contributed by atoms with Gasteiger partial charge in [0.05, 0.1) is 23.7 Å². The minimum Gasteiger partial charge on any atom is -0.378 e. The van der Waals surface area contributed by atoms with Gasteiger partial charge in [-0.25, -0.2) is 8.42 Å². The van der Waals surface area contributed by atoms with Crippen molar-refractivity contribution in [2.45, 2.75) is 17.1 Å². The molecule has 0 aliphatic carbocycles. The Hall–Kier alpha value is -1.98. The first-order chi connectivity index (χ1) is 11.3. The highest BCUT2D eigenvalue weighted by Gasteiger charge is 2.38. The zero-order chi connectivity index (χ0) is 17.4. The number of ether oxygens (including phenoxy) is 1. The van der Waals surface area contributed by atoms with E-state index in [0.29, 0.717) is 0 Å². The molecule has 1 aliphatic rings. The normalized spacial score (nSPS) is 20.2. The Bertz CT molecular complexity index is 791. The highest BCUT2D eigenvalue weighted by atomic mass is 32.2. The van der Waals surface area contributed by atoms with E-state index in [0.717, 1.165) is 35.0 Å². The standard InChI is InChI=1S/C13H12F3N3O4S/c14-13(15,16)9-1-3-10(4-2-9)24(20,21)19-5-6-22-7-11(19)12-17-8-23-18-12/h1-4,8,11H,5-7H2. The lowest BCUT2D eigenvalue weighted by Crippen LogP contribution is -2.43. The van der Waals surface area contributed by atoms with E-state index in [-0.39, 0.29) is 30.5 Å². The number of benzene rings is 1. The van der Waals surface area contributed by atoms with Gasteiger partial charge in [0.1, 0.15) is 6.04 Å². The second-order valence-corrected chi connectivity index (χ2v) is 6.91. The summed E-state index contributed by atoms with van der Waals surface area (Å²) in [5.74, 6) is 0.130. The molecule has 0 amide bonds. The predicted molar refractivity (Wildman–Crippen MR) is 73.2 cm³/mol. The van der Waals surface area contributed by atoms with Crippen molar-refractivity contribution < 1.29 is 30.8 Å². The third-order valence-corrected chi connectivity index (χ3v) is 5.47. The molecule has 2 aromatic rings. The van der Waals surface area contributed by atoms with Gasteiger partial charge in [-0.2, -0.15) is 22.5 Å². The number of hydrogen-bond acceptors (Lipinski definition) is 6. The summed E-state index contributed by atoms with van der Waals surface area (Å²) in [5.41, 5.74) is -0.918. The van der Waals surface area contributed by atoms with Crippen molar-refractivity contribution in [3.05, 3.63) is 42.0 Å². The first kappa shape index (κ1) is 16.9. The highest BCUT2D eigenvalue weighted by Crippen LogP contribution is 2.32. The molecule has 2 heterocycles. The topological polar surface area (TPSA) is 85.5 Å². The summed E-state index contributed by atoms with van der Waals surface area (Å²) in [6.07, 6.45) is -3.47. The van der Waals surface area contributed by atoms with Crippen LogP contribution in [0.5, 0.6) is 0 Å². The third kappa shape index (κ3) is 3.14. The molecule has 0 radical (unpaired) electrons. The first-order valence-electron chi connectivity index (χ1n) is 6.83. The van der Waals surface area contributed by atoms with Crippen LogP contribution in [-0.4, -0.2) is 42.6 Å². The van der Waals surface area contributed by atoms with Crippen LogP contribution < -0.4 is 0 Å². The Labute approximate surface area is 135 Å². The van der Waals surface area contributed by atoms with Gasteiger partial charge in [-0.3, -0.25) is 0 Å². The van der Waals surface area contributed by atoms with Crippen molar-refractivity contribution >= 4 is 10.0 Å². The Balaban J connectivity index is 1.93. The van der Waals surface area contributed by atoms with Crippen molar-refractivity contribution in [3.8, 4) is 0 Å². The molecule has 130 valence electrons. The molecule has 1 saturated heterocycles. The molecule has 0 bridgehead atoms. The van der Waals surface area contributed by atoms with Crippen LogP contribution in [0.4, 0.5) is 13.2 Å². The van der Waals surface area contributed by atoms with Gasteiger partial charge in [0.25, 0.3) is 0 Å². The molecule has 1 aromatic heterocycles. The maximum Gasteiger partial charge on any atom is 0.416 e. The second-order valence-electron chi connectivity index (χ2n) is 5.02. The highest BCUT2D eigenvalue weighted by molar-refractivity contribution is 7.89. The largest absolute Gasteiger partial charge is 0.416 e. The van der Waals surface area contributed by atoms with Gasteiger partial charge in [-0.1, -0.05) is 5.16 Å². The van der Waals surface area contributed by atoms with Crippen LogP contribution in [0.1, 0.15) is 17.4 Å². The number of nitrogens with zero attached hydrogens (tertiary/aromatic N) is 3. The second kappa shape index (κ2) is 6.15. The quantitative estimate of drug-likeness (QED) is 0.827. The Morgan fingerprint density at radius 2 is 1.92 bits per heavy atom. The summed E-state index contributed by atoms with van der Waals surface area (Å²) in [4.78, 5) is 3.59. The average Bonchev–Trinajstić information content (AvgIpc) is 3.08. The Kier molecular flexibility index (Phi) is 4.32. The monoisotopic (exact) mass is 363 g/mol. The summed E-state index contributed by atoms with van der Waals surface area (Å²) in [6, 6.07) is 2.53. The van der Waals surface area contributed by atoms with Gasteiger partial charge in [0, 0.05) is 6.54 Å². The summed E-state index contributed by atoms with van der Waals surface area (Å²) in [6.45, 7) is 0.218. The summed E-state index contributed by atoms with van der Waals surface area (Å²) < 4.78 is 74.3. The maximum atomic E-state index is 12.8. The van der Waals surface area contributed by atoms with E-state index < -0.39 is 27.8 Å². The number of sulfonamides is 1. The van der Waals surface area contributed by atoms with E-state index in [1.165, 1.54) is 0 Å². The number of alkyl halides is 3. The van der Waals surface area contributed by atoms with Crippen LogP contribution in [0, 0.1) is 0 Å². The van der Waals surface area contributed by atoms with Crippen LogP contribution in [0.2, 0.25) is 0 Å². The molecule has 0 saturated carbocycles. The molecule has 0 spiro atoms. The van der Waals surface area contributed by atoms with Crippen molar-refractivity contribution in [2.24, 2.45) is 0 Å². The van der Waals surface area contributed by atoms with Crippen molar-refractivity contribution in [1.29, 1.82) is 0 Å². The van der Waals surface area contributed by atoms with E-state index >= 15 is 0 Å². The van der Waals surface area contributed by atoms with Crippen LogP contribution in [0.25, 0.3) is 0 Å². The molecule has 7 nitrogen and oxygen atoms in total. The number of halogens is 3. The number of hydrogen-bond donors (Lipinski definition) is 0. The van der Waals surface area contributed by atoms with Crippen LogP contribution in [0.15, 0.2) is 40.1 Å². The molecular formula is C13H12F3N3O4S. The third-order valence-electron chi connectivity index (χ3n) is 3.54. The van der Waals surface area contributed by atoms with E-state index in [9.17, 15) is 21.6 Å². The van der Waals surface area contributed by atoms with Gasteiger partial charge in [-0.15, -0.1) is 0 Å². The molecule has 1 aromatic carbocycles. The van der Waals surface area contributed by atoms with E-state index in [1.807, 2.05) is 0 Å². The van der Waals surface area contributed by atoms with Gasteiger partial charge in [0.15, 0.2) is 5.82 Å². The minimum absolute atomic E-state index is 0.0272. The molecular weight excluding hydrogens is 351 g/mol. The predicted octanol–water partition coefficient (Wildman–Crippen LogP) is 1.85. The number of rotatable bonds is 3. The Morgan fingerprint density at radius 3 is 2.50 bits per heavy atom. The van der Waals surface area contributed by atoms with Gasteiger partial charge < -0.3 is 9.26 Å². The lowest BCUT2D eigenvalue weighted by Gasteiger charge is -2.32. The fraction of sp³-hybridized carbons (Fsp3) is 0.385. The zero-order valence-corrected chi connectivity index (χ0v) is 12.9. The SMILES string of the molecule is O=S(=O)(c1ccc(C(F)(F)F)cc1)N1CCOCC1c1ncon1. The van der Waals surface area contributed by atoms with E-state index in [1.54, 1.807) is 0 Å². The van der Waals surface area contributed by atoms with Crippen LogP contribution in [0.3, 0.4) is 0 Å². The summed E-state index contributed by atoms with van der Waals surface area (Å²) >= 11 is 0. The molecule has 1 aliphatic heterocycles. The minimum atomic E-state index is -4.53. The fourth-order valence-electron chi connectivity index (χ4n) is 2.36. The average molecular weight is 363 g/mol.